The maximum absolute atomic E-state index is 12.0. The number of para-hydroxylation sites is 1. The zero-order valence-electron chi connectivity index (χ0n) is 11.3. The number of amides is 1. The molecule has 2 rings (SSSR count). The smallest absolute Gasteiger partial charge is 0.224 e. The molecule has 0 aliphatic carbocycles. The zero-order valence-corrected chi connectivity index (χ0v) is 13.5. The molecule has 2 aromatic rings. The fourth-order valence-corrected chi connectivity index (χ4v) is 2.64. The lowest BCUT2D eigenvalue weighted by Gasteiger charge is -2.09. The molecule has 0 atom stereocenters. The molecule has 0 radical (unpaired) electrons. The third kappa shape index (κ3) is 3.96. The largest absolute Gasteiger partial charge is 0.399 e. The predicted octanol–water partition coefficient (Wildman–Crippen LogP) is 3.75. The molecule has 0 aliphatic rings. The molecule has 0 spiro atoms. The van der Waals surface area contributed by atoms with E-state index < -0.39 is 0 Å². The first-order chi connectivity index (χ1) is 9.56. The van der Waals surface area contributed by atoms with E-state index in [0.717, 1.165) is 26.1 Å². The number of carbonyl (C=O) groups excluding carboxylic acids is 1. The highest BCUT2D eigenvalue weighted by Gasteiger charge is 2.06. The quantitative estimate of drug-likeness (QED) is 0.627. The van der Waals surface area contributed by atoms with Crippen molar-refractivity contribution in [3.05, 3.63) is 57.2 Å². The highest BCUT2D eigenvalue weighted by atomic mass is 127. The number of halogens is 1. The summed E-state index contributed by atoms with van der Waals surface area (Å²) in [6.07, 6.45) is 1.08. The topological polar surface area (TPSA) is 55.1 Å². The van der Waals surface area contributed by atoms with Crippen molar-refractivity contribution in [2.75, 3.05) is 11.1 Å². The van der Waals surface area contributed by atoms with Crippen LogP contribution >= 0.6 is 22.6 Å². The van der Waals surface area contributed by atoms with E-state index in [-0.39, 0.29) is 5.91 Å². The van der Waals surface area contributed by atoms with Crippen molar-refractivity contribution >= 4 is 39.9 Å². The maximum atomic E-state index is 12.0. The number of nitrogen functional groups attached to an aromatic ring is 1. The van der Waals surface area contributed by atoms with Gasteiger partial charge in [0.1, 0.15) is 0 Å². The monoisotopic (exact) mass is 380 g/mol. The van der Waals surface area contributed by atoms with Gasteiger partial charge in [0.25, 0.3) is 0 Å². The summed E-state index contributed by atoms with van der Waals surface area (Å²) in [5.74, 6) is 0.0116. The second-order valence-corrected chi connectivity index (χ2v) is 5.95. The van der Waals surface area contributed by atoms with Gasteiger partial charge in [0, 0.05) is 21.4 Å². The number of aryl methyl sites for hydroxylation is 2. The third-order valence-corrected chi connectivity index (χ3v) is 3.81. The van der Waals surface area contributed by atoms with Crippen molar-refractivity contribution < 1.29 is 4.79 Å². The first-order valence-electron chi connectivity index (χ1n) is 6.45. The van der Waals surface area contributed by atoms with Crippen LogP contribution in [0.1, 0.15) is 17.5 Å². The molecule has 0 aliphatic heterocycles. The molecule has 0 heterocycles. The van der Waals surface area contributed by atoms with Gasteiger partial charge in [-0.15, -0.1) is 0 Å². The summed E-state index contributed by atoms with van der Waals surface area (Å²) in [7, 11) is 0. The van der Waals surface area contributed by atoms with Gasteiger partial charge in [-0.25, -0.2) is 0 Å². The zero-order chi connectivity index (χ0) is 14.5. The fraction of sp³-hybridized carbons (Fsp3) is 0.188. The molecule has 4 heteroatoms. The van der Waals surface area contributed by atoms with Gasteiger partial charge in [-0.2, -0.15) is 0 Å². The van der Waals surface area contributed by atoms with Crippen LogP contribution in [0.15, 0.2) is 42.5 Å². The van der Waals surface area contributed by atoms with Gasteiger partial charge < -0.3 is 11.1 Å². The van der Waals surface area contributed by atoms with Crippen LogP contribution in [0.25, 0.3) is 0 Å². The van der Waals surface area contributed by atoms with Gasteiger partial charge in [0.15, 0.2) is 0 Å². The Kier molecular flexibility index (Phi) is 5.00. The van der Waals surface area contributed by atoms with Crippen LogP contribution in [-0.4, -0.2) is 5.91 Å². The first kappa shape index (κ1) is 14.8. The second-order valence-electron chi connectivity index (χ2n) is 4.71. The standard InChI is InChI=1S/C16H17IN2O/c1-11-10-13(17)7-8-15(11)19-16(20)9-6-12-4-2-3-5-14(12)18/h2-5,7-8,10H,6,9,18H2,1H3,(H,19,20). The summed E-state index contributed by atoms with van der Waals surface area (Å²) in [4.78, 5) is 12.0. The molecule has 0 saturated carbocycles. The number of hydrogen-bond donors (Lipinski definition) is 2. The van der Waals surface area contributed by atoms with Crippen molar-refractivity contribution in [1.82, 2.24) is 0 Å². The average molecular weight is 380 g/mol. The lowest BCUT2D eigenvalue weighted by atomic mass is 10.1. The van der Waals surface area contributed by atoms with Crippen LogP contribution in [0, 0.1) is 10.5 Å². The van der Waals surface area contributed by atoms with Crippen molar-refractivity contribution in [2.24, 2.45) is 0 Å². The summed E-state index contributed by atoms with van der Waals surface area (Å²) < 4.78 is 1.16. The van der Waals surface area contributed by atoms with Gasteiger partial charge >= 0.3 is 0 Å². The Morgan fingerprint density at radius 3 is 2.70 bits per heavy atom. The molecule has 3 N–H and O–H groups in total. The average Bonchev–Trinajstić information content (AvgIpc) is 2.41. The number of rotatable bonds is 4. The SMILES string of the molecule is Cc1cc(I)ccc1NC(=O)CCc1ccccc1N. The molecule has 3 nitrogen and oxygen atoms in total. The lowest BCUT2D eigenvalue weighted by molar-refractivity contribution is -0.116. The highest BCUT2D eigenvalue weighted by molar-refractivity contribution is 14.1. The Bertz CT molecular complexity index is 626. The number of benzene rings is 2. The van der Waals surface area contributed by atoms with Gasteiger partial charge in [-0.3, -0.25) is 4.79 Å². The Morgan fingerprint density at radius 2 is 2.00 bits per heavy atom. The molecule has 2 aromatic carbocycles. The van der Waals surface area contributed by atoms with Crippen LogP contribution in [0.4, 0.5) is 11.4 Å². The Hall–Kier alpha value is -1.56. The number of anilines is 2. The molecule has 1 amide bonds. The third-order valence-electron chi connectivity index (χ3n) is 3.14. The van der Waals surface area contributed by atoms with E-state index in [1.54, 1.807) is 0 Å². The van der Waals surface area contributed by atoms with Gasteiger partial charge in [-0.05, 0) is 71.3 Å². The molecule has 0 fully saturated rings. The molecule has 0 bridgehead atoms. The Balaban J connectivity index is 1.94. The van der Waals surface area contributed by atoms with Crippen LogP contribution in [0.3, 0.4) is 0 Å². The molecule has 0 unspecified atom stereocenters. The normalized spacial score (nSPS) is 10.3. The van der Waals surface area contributed by atoms with E-state index >= 15 is 0 Å². The van der Waals surface area contributed by atoms with Crippen molar-refractivity contribution in [2.45, 2.75) is 19.8 Å². The molecule has 104 valence electrons. The molecule has 0 aromatic heterocycles. The van der Waals surface area contributed by atoms with Crippen LogP contribution in [-0.2, 0) is 11.2 Å². The van der Waals surface area contributed by atoms with E-state index in [2.05, 4.69) is 27.9 Å². The summed E-state index contributed by atoms with van der Waals surface area (Å²) in [5, 5.41) is 2.94. The highest BCUT2D eigenvalue weighted by Crippen LogP contribution is 2.18. The Morgan fingerprint density at radius 1 is 1.25 bits per heavy atom. The molecular weight excluding hydrogens is 363 g/mol. The summed E-state index contributed by atoms with van der Waals surface area (Å²) >= 11 is 2.26. The minimum Gasteiger partial charge on any atom is -0.399 e. The number of hydrogen-bond acceptors (Lipinski definition) is 2. The Labute approximate surface area is 132 Å². The van der Waals surface area contributed by atoms with E-state index in [0.29, 0.717) is 12.8 Å². The van der Waals surface area contributed by atoms with E-state index in [4.69, 9.17) is 5.73 Å². The maximum Gasteiger partial charge on any atom is 0.224 e. The van der Waals surface area contributed by atoms with E-state index in [1.807, 2.05) is 49.4 Å². The number of nitrogens with one attached hydrogen (secondary N) is 1. The molecule has 20 heavy (non-hydrogen) atoms. The van der Waals surface area contributed by atoms with Gasteiger partial charge in [0.2, 0.25) is 5.91 Å². The van der Waals surface area contributed by atoms with Crippen LogP contribution < -0.4 is 11.1 Å². The van der Waals surface area contributed by atoms with E-state index in [1.165, 1.54) is 0 Å². The van der Waals surface area contributed by atoms with Crippen LogP contribution in [0.5, 0.6) is 0 Å². The van der Waals surface area contributed by atoms with Crippen molar-refractivity contribution in [3.8, 4) is 0 Å². The minimum absolute atomic E-state index is 0.0116. The lowest BCUT2D eigenvalue weighted by Crippen LogP contribution is -2.13. The number of carbonyl (C=O) groups is 1. The summed E-state index contributed by atoms with van der Waals surface area (Å²) in [6, 6.07) is 13.6. The number of nitrogens with two attached hydrogens (primary N) is 1. The fourth-order valence-electron chi connectivity index (χ4n) is 1.99. The van der Waals surface area contributed by atoms with Crippen molar-refractivity contribution in [3.63, 3.8) is 0 Å². The second kappa shape index (κ2) is 6.74. The summed E-state index contributed by atoms with van der Waals surface area (Å²) in [5.41, 5.74) is 9.57. The molecule has 0 saturated heterocycles. The van der Waals surface area contributed by atoms with Gasteiger partial charge in [0.05, 0.1) is 0 Å². The van der Waals surface area contributed by atoms with Crippen molar-refractivity contribution in [1.29, 1.82) is 0 Å². The summed E-state index contributed by atoms with van der Waals surface area (Å²) in [6.45, 7) is 1.99. The minimum atomic E-state index is 0.0116. The molecular formula is C16H17IN2O. The van der Waals surface area contributed by atoms with Crippen LogP contribution in [0.2, 0.25) is 0 Å². The first-order valence-corrected chi connectivity index (χ1v) is 7.53. The van der Waals surface area contributed by atoms with E-state index in [9.17, 15) is 4.79 Å². The predicted molar refractivity (Wildman–Crippen MR) is 91.7 cm³/mol. The van der Waals surface area contributed by atoms with Gasteiger partial charge in [-0.1, -0.05) is 18.2 Å².